The predicted octanol–water partition coefficient (Wildman–Crippen LogP) is 3.78. The van der Waals surface area contributed by atoms with Gasteiger partial charge in [0.25, 0.3) is 5.69 Å². The van der Waals surface area contributed by atoms with Crippen molar-refractivity contribution in [2.75, 3.05) is 6.61 Å². The summed E-state index contributed by atoms with van der Waals surface area (Å²) in [4.78, 5) is 21.3. The number of rotatable bonds is 10. The molecule has 9 nitrogen and oxygen atoms in total. The van der Waals surface area contributed by atoms with Crippen LogP contribution in [-0.2, 0) is 14.3 Å². The van der Waals surface area contributed by atoms with Gasteiger partial charge in [0.05, 0.1) is 23.7 Å². The Morgan fingerprint density at radius 3 is 2.71 bits per heavy atom. The number of nitro groups is 1. The van der Waals surface area contributed by atoms with E-state index in [0.717, 1.165) is 5.56 Å². The lowest BCUT2D eigenvalue weighted by Crippen LogP contribution is -2.51. The molecular weight excluding hydrogens is 440 g/mol. The van der Waals surface area contributed by atoms with Crippen molar-refractivity contribution in [3.63, 3.8) is 0 Å². The number of non-ortho nitro benzene ring substituents is 1. The van der Waals surface area contributed by atoms with Gasteiger partial charge in [-0.2, -0.15) is 0 Å². The first-order valence-corrected chi connectivity index (χ1v) is 10.8. The lowest BCUT2D eigenvalue weighted by atomic mass is 9.86. The number of fused-ring (bicyclic) bond motifs is 1. The van der Waals surface area contributed by atoms with Crippen LogP contribution >= 0.6 is 0 Å². The van der Waals surface area contributed by atoms with Gasteiger partial charge in [-0.15, -0.1) is 0 Å². The molecule has 0 spiro atoms. The molecule has 1 heterocycles. The Hall–Kier alpha value is -3.49. The summed E-state index contributed by atoms with van der Waals surface area (Å²) >= 11 is 0. The number of ether oxygens (including phenoxy) is 3. The van der Waals surface area contributed by atoms with Crippen LogP contribution in [0.25, 0.3) is 0 Å². The number of benzene rings is 2. The van der Waals surface area contributed by atoms with Crippen molar-refractivity contribution in [1.29, 1.82) is 0 Å². The van der Waals surface area contributed by atoms with Crippen LogP contribution in [0.4, 0.5) is 5.69 Å². The fourth-order valence-corrected chi connectivity index (χ4v) is 3.64. The normalized spacial score (nSPS) is 20.5. The standard InChI is InChI=1S/C25H28N2O7/c1-17(18-8-5-4-6-9-18)33-22(32-15-7-14-28)12-13-26-23-20-16-19(27(30)31)10-11-21(20)34-25(2,3)24(23)29/h4-13,16-17,22-24,26,29H,15H2,1-3H3/b13-12+/t17?,22?,23-,24+/m0/s1. The summed E-state index contributed by atoms with van der Waals surface area (Å²) in [6, 6.07) is 13.2. The fourth-order valence-electron chi connectivity index (χ4n) is 3.64. The van der Waals surface area contributed by atoms with Gasteiger partial charge in [0, 0.05) is 23.8 Å². The molecule has 2 unspecified atom stereocenters. The Kier molecular flexibility index (Phi) is 8.20. The molecule has 0 amide bonds. The minimum Gasteiger partial charge on any atom is -0.485 e. The highest BCUT2D eigenvalue weighted by atomic mass is 16.7. The van der Waals surface area contributed by atoms with Crippen LogP contribution in [0.3, 0.4) is 0 Å². The molecule has 0 saturated heterocycles. The van der Waals surface area contributed by atoms with E-state index in [-0.39, 0.29) is 18.4 Å². The van der Waals surface area contributed by atoms with Gasteiger partial charge in [0.1, 0.15) is 23.4 Å². The maximum absolute atomic E-state index is 11.3. The second-order valence-corrected chi connectivity index (χ2v) is 8.35. The minimum absolute atomic E-state index is 0.00195. The molecule has 0 bridgehead atoms. The van der Waals surface area contributed by atoms with E-state index in [0.29, 0.717) is 11.3 Å². The minimum atomic E-state index is -1.01. The van der Waals surface area contributed by atoms with Crippen LogP contribution in [0.5, 0.6) is 5.75 Å². The average molecular weight is 469 g/mol. The van der Waals surface area contributed by atoms with Crippen LogP contribution in [0.2, 0.25) is 0 Å². The number of carbonyl (C=O) groups excluding carboxylic acids is 1. The zero-order valence-corrected chi connectivity index (χ0v) is 19.2. The SMILES string of the molecule is CC(OC(/C=C/N[C@H]1c2cc([N+](=O)[O-])ccc2OC(C)(C)[C@@H]1O)OCC=C=O)c1ccccc1. The predicted molar refractivity (Wildman–Crippen MR) is 125 cm³/mol. The average Bonchev–Trinajstić information content (AvgIpc) is 2.81. The molecule has 0 aliphatic carbocycles. The number of hydrogen-bond donors (Lipinski definition) is 2. The molecule has 0 fully saturated rings. The van der Waals surface area contributed by atoms with Gasteiger partial charge in [-0.05, 0) is 44.7 Å². The van der Waals surface area contributed by atoms with Crippen LogP contribution in [0.1, 0.15) is 44.0 Å². The molecule has 2 aromatic carbocycles. The van der Waals surface area contributed by atoms with Crippen LogP contribution in [0.15, 0.2) is 66.9 Å². The molecule has 2 aromatic rings. The molecule has 1 aliphatic heterocycles. The van der Waals surface area contributed by atoms with Gasteiger partial charge in [-0.3, -0.25) is 10.1 Å². The van der Waals surface area contributed by atoms with E-state index in [1.165, 1.54) is 24.3 Å². The molecule has 0 aromatic heterocycles. The van der Waals surface area contributed by atoms with Crippen molar-refractivity contribution in [2.45, 2.75) is 50.9 Å². The summed E-state index contributed by atoms with van der Waals surface area (Å²) in [5, 5.41) is 25.3. The largest absolute Gasteiger partial charge is 0.485 e. The summed E-state index contributed by atoms with van der Waals surface area (Å²) in [6.07, 6.45) is 2.24. The summed E-state index contributed by atoms with van der Waals surface area (Å²) in [5.74, 6) is 2.11. The maximum Gasteiger partial charge on any atom is 0.270 e. The Morgan fingerprint density at radius 2 is 2.03 bits per heavy atom. The molecular formula is C25H28N2O7. The lowest BCUT2D eigenvalue weighted by molar-refractivity contribution is -0.385. The monoisotopic (exact) mass is 468 g/mol. The second-order valence-electron chi connectivity index (χ2n) is 8.35. The van der Waals surface area contributed by atoms with Gasteiger partial charge >= 0.3 is 0 Å². The third kappa shape index (κ3) is 6.09. The molecule has 3 rings (SSSR count). The Bertz CT molecular complexity index is 1060. The zero-order chi connectivity index (χ0) is 24.7. The van der Waals surface area contributed by atoms with E-state index in [2.05, 4.69) is 5.32 Å². The highest BCUT2D eigenvalue weighted by Gasteiger charge is 2.43. The van der Waals surface area contributed by atoms with Gasteiger partial charge in [0.2, 0.25) is 0 Å². The molecule has 4 atom stereocenters. The van der Waals surface area contributed by atoms with Crippen molar-refractivity contribution in [3.05, 3.63) is 88.1 Å². The molecule has 2 N–H and O–H groups in total. The Balaban J connectivity index is 1.80. The Morgan fingerprint density at radius 1 is 1.29 bits per heavy atom. The lowest BCUT2D eigenvalue weighted by Gasteiger charge is -2.42. The van der Waals surface area contributed by atoms with Crippen LogP contribution in [-0.4, -0.2) is 40.6 Å². The van der Waals surface area contributed by atoms with Gasteiger partial charge < -0.3 is 24.6 Å². The van der Waals surface area contributed by atoms with Crippen LogP contribution < -0.4 is 10.1 Å². The number of nitrogens with zero attached hydrogens (tertiary/aromatic N) is 1. The van der Waals surface area contributed by atoms with Gasteiger partial charge in [-0.25, -0.2) is 4.79 Å². The van der Waals surface area contributed by atoms with Crippen LogP contribution in [0, 0.1) is 10.1 Å². The second kappa shape index (κ2) is 11.1. The smallest absolute Gasteiger partial charge is 0.270 e. The Labute approximate surface area is 197 Å². The molecule has 0 radical (unpaired) electrons. The third-order valence-corrected chi connectivity index (χ3v) is 5.50. The van der Waals surface area contributed by atoms with Crippen molar-refractivity contribution in [2.24, 2.45) is 0 Å². The molecule has 180 valence electrons. The summed E-state index contributed by atoms with van der Waals surface area (Å²) in [5.41, 5.74) is 0.376. The molecule has 0 saturated carbocycles. The summed E-state index contributed by atoms with van der Waals surface area (Å²) < 4.78 is 17.5. The number of hydrogen-bond acceptors (Lipinski definition) is 8. The molecule has 34 heavy (non-hydrogen) atoms. The van der Waals surface area contributed by atoms with E-state index in [9.17, 15) is 20.0 Å². The van der Waals surface area contributed by atoms with Crippen molar-refractivity contribution in [3.8, 4) is 5.75 Å². The number of nitro benzene ring substituents is 1. The van der Waals surface area contributed by atoms with Crippen molar-refractivity contribution >= 4 is 11.6 Å². The molecule has 1 aliphatic rings. The van der Waals surface area contributed by atoms with E-state index < -0.39 is 29.0 Å². The highest BCUT2D eigenvalue weighted by molar-refractivity contribution is 5.48. The summed E-state index contributed by atoms with van der Waals surface area (Å²) in [7, 11) is 0. The van der Waals surface area contributed by atoms with Gasteiger partial charge in [0.15, 0.2) is 6.29 Å². The summed E-state index contributed by atoms with van der Waals surface area (Å²) in [6.45, 7) is 5.36. The van der Waals surface area contributed by atoms with Crippen molar-refractivity contribution < 1.29 is 29.0 Å². The first kappa shape index (κ1) is 25.1. The topological polar surface area (TPSA) is 120 Å². The number of nitrogens with one attached hydrogen (secondary N) is 1. The van der Waals surface area contributed by atoms with Gasteiger partial charge in [-0.1, -0.05) is 30.3 Å². The van der Waals surface area contributed by atoms with E-state index >= 15 is 0 Å². The molecule has 9 heteroatoms. The highest BCUT2D eigenvalue weighted by Crippen LogP contribution is 2.41. The number of aliphatic hydroxyl groups excluding tert-OH is 1. The fraction of sp³-hybridized carbons (Fsp3) is 0.360. The zero-order valence-electron chi connectivity index (χ0n) is 19.2. The quantitative estimate of drug-likeness (QED) is 0.234. The first-order chi connectivity index (χ1) is 16.2. The first-order valence-electron chi connectivity index (χ1n) is 10.8. The third-order valence-electron chi connectivity index (χ3n) is 5.50. The van der Waals surface area contributed by atoms with E-state index in [1.54, 1.807) is 32.1 Å². The van der Waals surface area contributed by atoms with Crippen molar-refractivity contribution in [1.82, 2.24) is 5.32 Å². The van der Waals surface area contributed by atoms with E-state index in [1.807, 2.05) is 37.3 Å². The maximum atomic E-state index is 11.3. The van der Waals surface area contributed by atoms with E-state index in [4.69, 9.17) is 14.2 Å². The number of aliphatic hydroxyl groups is 1.